The quantitative estimate of drug-likeness (QED) is 0.604. The van der Waals surface area contributed by atoms with Gasteiger partial charge >= 0.3 is 11.9 Å². The van der Waals surface area contributed by atoms with Gasteiger partial charge in [0, 0.05) is 5.56 Å². The summed E-state index contributed by atoms with van der Waals surface area (Å²) < 4.78 is 15.6. The normalized spacial score (nSPS) is 10.3. The Bertz CT molecular complexity index is 872. The molecule has 0 spiro atoms. The van der Waals surface area contributed by atoms with Gasteiger partial charge in [0.2, 0.25) is 0 Å². The van der Waals surface area contributed by atoms with E-state index in [4.69, 9.17) is 14.2 Å². The number of hydrogen-bond donors (Lipinski definition) is 1. The number of carbonyl (C=O) groups is 3. The molecule has 2 rings (SSSR count). The van der Waals surface area contributed by atoms with Gasteiger partial charge in [0.1, 0.15) is 15.6 Å². The molecule has 1 aromatic heterocycles. The Morgan fingerprint density at radius 3 is 2.17 bits per heavy atom. The Balaban J connectivity index is 2.29. The van der Waals surface area contributed by atoms with Crippen LogP contribution in [0.15, 0.2) is 24.3 Å². The maximum absolute atomic E-state index is 12.7. The second-order valence-corrected chi connectivity index (χ2v) is 7.05. The van der Waals surface area contributed by atoms with Crippen molar-refractivity contribution in [3.05, 3.63) is 45.8 Å². The first-order valence-corrected chi connectivity index (χ1v) is 10.3. The minimum Gasteiger partial charge on any atom is -0.494 e. The molecule has 1 aromatic carbocycles. The highest BCUT2D eigenvalue weighted by Gasteiger charge is 2.27. The number of hydrogen-bond acceptors (Lipinski definition) is 7. The number of rotatable bonds is 9. The summed E-state index contributed by atoms with van der Waals surface area (Å²) in [4.78, 5) is 37.5. The molecule has 2 aromatic rings. The molecule has 0 aliphatic carbocycles. The minimum atomic E-state index is -0.601. The van der Waals surface area contributed by atoms with Crippen LogP contribution in [-0.2, 0) is 9.47 Å². The van der Waals surface area contributed by atoms with Gasteiger partial charge in [-0.25, -0.2) is 9.59 Å². The molecule has 7 nitrogen and oxygen atoms in total. The molecule has 0 bridgehead atoms. The Morgan fingerprint density at radius 2 is 1.59 bits per heavy atom. The van der Waals surface area contributed by atoms with Crippen molar-refractivity contribution in [1.29, 1.82) is 0 Å². The van der Waals surface area contributed by atoms with Crippen LogP contribution in [0, 0.1) is 6.92 Å². The molecule has 0 aliphatic rings. The van der Waals surface area contributed by atoms with Crippen LogP contribution in [0.4, 0.5) is 5.00 Å². The fourth-order valence-corrected chi connectivity index (χ4v) is 3.62. The van der Waals surface area contributed by atoms with Crippen molar-refractivity contribution < 1.29 is 28.6 Å². The third-order valence-electron chi connectivity index (χ3n) is 3.90. The lowest BCUT2D eigenvalue weighted by Gasteiger charge is -2.08. The topological polar surface area (TPSA) is 90.9 Å². The first-order chi connectivity index (χ1) is 13.9. The second kappa shape index (κ2) is 10.6. The number of nitrogens with one attached hydrogen (secondary N) is 1. The summed E-state index contributed by atoms with van der Waals surface area (Å²) in [5.74, 6) is -0.879. The van der Waals surface area contributed by atoms with Gasteiger partial charge in [0.05, 0.1) is 25.4 Å². The Kier molecular flexibility index (Phi) is 8.21. The molecule has 0 radical (unpaired) electrons. The highest BCUT2D eigenvalue weighted by atomic mass is 32.1. The summed E-state index contributed by atoms with van der Waals surface area (Å²) >= 11 is 0.994. The average molecular weight is 419 g/mol. The molecule has 8 heteroatoms. The van der Waals surface area contributed by atoms with E-state index in [2.05, 4.69) is 5.32 Å². The van der Waals surface area contributed by atoms with E-state index >= 15 is 0 Å². The SMILES string of the molecule is CCCOc1ccc(C(=O)Nc2sc(C(=O)OCC)c(C)c2C(=O)OCC)cc1. The van der Waals surface area contributed by atoms with Crippen LogP contribution in [0.3, 0.4) is 0 Å². The fraction of sp³-hybridized carbons (Fsp3) is 0.381. The molecule has 0 fully saturated rings. The third-order valence-corrected chi connectivity index (χ3v) is 5.09. The van der Waals surface area contributed by atoms with E-state index in [1.807, 2.05) is 6.92 Å². The van der Waals surface area contributed by atoms with Gasteiger partial charge in [-0.05, 0) is 57.0 Å². The summed E-state index contributed by atoms with van der Waals surface area (Å²) in [6.45, 7) is 8.01. The molecule has 0 saturated heterocycles. The smallest absolute Gasteiger partial charge is 0.348 e. The first-order valence-electron chi connectivity index (χ1n) is 9.44. The van der Waals surface area contributed by atoms with E-state index < -0.39 is 17.8 Å². The van der Waals surface area contributed by atoms with Crippen molar-refractivity contribution >= 4 is 34.2 Å². The van der Waals surface area contributed by atoms with Crippen LogP contribution in [0.2, 0.25) is 0 Å². The average Bonchev–Trinajstić information content (AvgIpc) is 3.03. The van der Waals surface area contributed by atoms with Crippen molar-refractivity contribution in [1.82, 2.24) is 0 Å². The maximum Gasteiger partial charge on any atom is 0.348 e. The Hall–Kier alpha value is -2.87. The lowest BCUT2D eigenvalue weighted by atomic mass is 10.1. The minimum absolute atomic E-state index is 0.163. The van der Waals surface area contributed by atoms with Gasteiger partial charge in [-0.15, -0.1) is 11.3 Å². The molecule has 0 atom stereocenters. The van der Waals surface area contributed by atoms with Crippen molar-refractivity contribution in [2.75, 3.05) is 25.1 Å². The lowest BCUT2D eigenvalue weighted by molar-refractivity contribution is 0.0527. The van der Waals surface area contributed by atoms with Crippen molar-refractivity contribution in [2.24, 2.45) is 0 Å². The molecule has 1 amide bonds. The van der Waals surface area contributed by atoms with Crippen molar-refractivity contribution in [3.63, 3.8) is 0 Å². The van der Waals surface area contributed by atoms with Gasteiger partial charge in [0.25, 0.3) is 5.91 Å². The molecule has 0 unspecified atom stereocenters. The zero-order valence-electron chi connectivity index (χ0n) is 17.0. The largest absolute Gasteiger partial charge is 0.494 e. The van der Waals surface area contributed by atoms with E-state index in [-0.39, 0.29) is 28.7 Å². The monoisotopic (exact) mass is 419 g/mol. The molecular formula is C21H25NO6S. The number of amides is 1. The zero-order chi connectivity index (χ0) is 21.4. The predicted molar refractivity (Wildman–Crippen MR) is 111 cm³/mol. The zero-order valence-corrected chi connectivity index (χ0v) is 17.8. The van der Waals surface area contributed by atoms with Gasteiger partial charge in [-0.1, -0.05) is 6.92 Å². The van der Waals surface area contributed by atoms with E-state index in [9.17, 15) is 14.4 Å². The molecule has 156 valence electrons. The molecule has 29 heavy (non-hydrogen) atoms. The summed E-state index contributed by atoms with van der Waals surface area (Å²) in [6, 6.07) is 6.69. The highest BCUT2D eigenvalue weighted by Crippen LogP contribution is 2.34. The van der Waals surface area contributed by atoms with E-state index in [0.29, 0.717) is 23.5 Å². The van der Waals surface area contributed by atoms with Gasteiger partial charge in [-0.2, -0.15) is 0 Å². The van der Waals surface area contributed by atoms with E-state index in [1.165, 1.54) is 0 Å². The number of carbonyl (C=O) groups excluding carboxylic acids is 3. The third kappa shape index (κ3) is 5.57. The molecule has 0 aliphatic heterocycles. The second-order valence-electron chi connectivity index (χ2n) is 6.03. The molecular weight excluding hydrogens is 394 g/mol. The Morgan fingerprint density at radius 1 is 0.966 bits per heavy atom. The van der Waals surface area contributed by atoms with Gasteiger partial charge in [-0.3, -0.25) is 4.79 Å². The highest BCUT2D eigenvalue weighted by molar-refractivity contribution is 7.18. The van der Waals surface area contributed by atoms with Crippen LogP contribution in [0.25, 0.3) is 0 Å². The summed E-state index contributed by atoms with van der Waals surface area (Å²) in [5.41, 5.74) is 0.981. The van der Waals surface area contributed by atoms with Crippen LogP contribution >= 0.6 is 11.3 Å². The van der Waals surface area contributed by atoms with Crippen LogP contribution in [0.1, 0.15) is 63.1 Å². The number of ether oxygens (including phenoxy) is 3. The van der Waals surface area contributed by atoms with Crippen LogP contribution < -0.4 is 10.1 Å². The van der Waals surface area contributed by atoms with Crippen molar-refractivity contribution in [2.45, 2.75) is 34.1 Å². The number of thiophene rings is 1. The van der Waals surface area contributed by atoms with E-state index in [1.54, 1.807) is 45.0 Å². The van der Waals surface area contributed by atoms with Gasteiger partial charge < -0.3 is 19.5 Å². The lowest BCUT2D eigenvalue weighted by Crippen LogP contribution is -2.15. The summed E-state index contributed by atoms with van der Waals surface area (Å²) in [6.07, 6.45) is 0.888. The first kappa shape index (κ1) is 22.4. The standard InChI is InChI=1S/C21H25NO6S/c1-5-12-28-15-10-8-14(9-11-15)18(23)22-19-16(20(24)26-6-2)13(4)17(29-19)21(25)27-7-3/h8-11H,5-7,12H2,1-4H3,(H,22,23). The predicted octanol–water partition coefficient (Wildman–Crippen LogP) is 4.45. The molecule has 1 N–H and O–H groups in total. The van der Waals surface area contributed by atoms with Gasteiger partial charge in [0.15, 0.2) is 0 Å². The van der Waals surface area contributed by atoms with E-state index in [0.717, 1.165) is 17.8 Å². The summed E-state index contributed by atoms with van der Waals surface area (Å²) in [5, 5.41) is 2.97. The molecule has 1 heterocycles. The number of benzene rings is 1. The van der Waals surface area contributed by atoms with Crippen LogP contribution in [0.5, 0.6) is 5.75 Å². The summed E-state index contributed by atoms with van der Waals surface area (Å²) in [7, 11) is 0. The Labute approximate surface area is 174 Å². The van der Waals surface area contributed by atoms with Crippen LogP contribution in [-0.4, -0.2) is 37.7 Å². The maximum atomic E-state index is 12.7. The molecule has 0 saturated carbocycles. The number of esters is 2. The fourth-order valence-electron chi connectivity index (χ4n) is 2.54. The number of anilines is 1. The van der Waals surface area contributed by atoms with Crippen molar-refractivity contribution in [3.8, 4) is 5.75 Å².